The van der Waals surface area contributed by atoms with Gasteiger partial charge in [0.05, 0.1) is 27.8 Å². The Morgan fingerprint density at radius 2 is 2.10 bits per heavy atom. The molecule has 1 N–H and O–H groups in total. The summed E-state index contributed by atoms with van der Waals surface area (Å²) in [4.78, 5) is 19.8. The Labute approximate surface area is 179 Å². The number of rotatable bonds is 5. The number of likely N-dealkylation sites (tertiary alicyclic amines) is 1. The molecule has 6 heteroatoms. The molecule has 30 heavy (non-hydrogen) atoms. The van der Waals surface area contributed by atoms with Crippen LogP contribution in [0.5, 0.6) is 0 Å². The zero-order chi connectivity index (χ0) is 20.5. The van der Waals surface area contributed by atoms with Gasteiger partial charge in [-0.2, -0.15) is 0 Å². The number of para-hydroxylation sites is 2. The first-order valence-electron chi connectivity index (χ1n) is 10.5. The van der Waals surface area contributed by atoms with Crippen LogP contribution in [0.3, 0.4) is 0 Å². The van der Waals surface area contributed by atoms with Crippen LogP contribution in [-0.4, -0.2) is 35.4 Å². The van der Waals surface area contributed by atoms with Crippen LogP contribution in [0.2, 0.25) is 0 Å². The number of benzene rings is 2. The molecule has 1 aliphatic rings. The number of hydrogen-bond acceptors (Lipinski definition) is 5. The van der Waals surface area contributed by atoms with Gasteiger partial charge < -0.3 is 9.73 Å². The fraction of sp³-hybridized carbons (Fsp3) is 0.333. The van der Waals surface area contributed by atoms with Crippen molar-refractivity contribution in [3.63, 3.8) is 0 Å². The van der Waals surface area contributed by atoms with Crippen molar-refractivity contribution in [3.8, 4) is 0 Å². The third-order valence-corrected chi connectivity index (χ3v) is 6.98. The van der Waals surface area contributed by atoms with E-state index in [1.165, 1.54) is 9.71 Å². The van der Waals surface area contributed by atoms with Gasteiger partial charge in [-0.05, 0) is 50.6 Å². The van der Waals surface area contributed by atoms with Crippen molar-refractivity contribution >= 4 is 38.4 Å². The molecule has 4 aromatic rings. The molecule has 1 saturated heterocycles. The number of carbonyl (C=O) groups is 1. The van der Waals surface area contributed by atoms with E-state index in [1.807, 2.05) is 43.3 Å². The van der Waals surface area contributed by atoms with Gasteiger partial charge in [0, 0.05) is 17.8 Å². The minimum absolute atomic E-state index is 0.0351. The number of amides is 1. The van der Waals surface area contributed by atoms with Crippen LogP contribution in [-0.2, 0) is 4.79 Å². The molecule has 1 fully saturated rings. The molecule has 2 aromatic carbocycles. The molecular weight excluding hydrogens is 394 g/mol. The van der Waals surface area contributed by atoms with Gasteiger partial charge in [-0.3, -0.25) is 9.69 Å². The Balaban J connectivity index is 1.21. The maximum atomic E-state index is 12.7. The van der Waals surface area contributed by atoms with Crippen molar-refractivity contribution < 1.29 is 9.21 Å². The standard InChI is InChI=1S/C24H25N3O2S/c1-16(21-13-17-7-2-4-10-20(17)29-21)25-23(28)15-27-12-6-8-18(14-27)24-26-19-9-3-5-11-22(19)30-24/h2-5,7,9-11,13,16,18H,6,8,12,14-15H2,1H3,(H,25,28)/t16-,18-/m0/s1. The van der Waals surface area contributed by atoms with Crippen molar-refractivity contribution in [2.24, 2.45) is 0 Å². The van der Waals surface area contributed by atoms with E-state index in [-0.39, 0.29) is 11.9 Å². The summed E-state index contributed by atoms with van der Waals surface area (Å²) in [6.07, 6.45) is 2.22. The summed E-state index contributed by atoms with van der Waals surface area (Å²) in [6, 6.07) is 18.1. The monoisotopic (exact) mass is 419 g/mol. The normalized spacial score (nSPS) is 18.6. The molecule has 0 bridgehead atoms. The summed E-state index contributed by atoms with van der Waals surface area (Å²) in [5.74, 6) is 1.22. The van der Waals surface area contributed by atoms with Gasteiger partial charge in [0.1, 0.15) is 11.3 Å². The Morgan fingerprint density at radius 1 is 1.27 bits per heavy atom. The zero-order valence-electron chi connectivity index (χ0n) is 17.0. The van der Waals surface area contributed by atoms with Gasteiger partial charge in [0.2, 0.25) is 5.91 Å². The van der Waals surface area contributed by atoms with Gasteiger partial charge in [-0.15, -0.1) is 11.3 Å². The van der Waals surface area contributed by atoms with Crippen LogP contribution in [0, 0.1) is 0 Å². The van der Waals surface area contributed by atoms with Gasteiger partial charge in [-0.1, -0.05) is 30.3 Å². The molecular formula is C24H25N3O2S. The smallest absolute Gasteiger partial charge is 0.234 e. The Morgan fingerprint density at radius 3 is 2.97 bits per heavy atom. The first-order chi connectivity index (χ1) is 14.7. The molecule has 0 radical (unpaired) electrons. The average Bonchev–Trinajstić information content (AvgIpc) is 3.38. The molecule has 154 valence electrons. The second-order valence-corrected chi connectivity index (χ2v) is 9.13. The van der Waals surface area contributed by atoms with Gasteiger partial charge >= 0.3 is 0 Å². The maximum Gasteiger partial charge on any atom is 0.234 e. The van der Waals surface area contributed by atoms with E-state index in [0.29, 0.717) is 12.5 Å². The van der Waals surface area contributed by atoms with Crippen molar-refractivity contribution in [2.45, 2.75) is 31.7 Å². The Bertz CT molecular complexity index is 1120. The van der Waals surface area contributed by atoms with Crippen molar-refractivity contribution in [1.82, 2.24) is 15.2 Å². The van der Waals surface area contributed by atoms with Crippen LogP contribution < -0.4 is 5.32 Å². The van der Waals surface area contributed by atoms with Crippen LogP contribution in [0.4, 0.5) is 0 Å². The first-order valence-corrected chi connectivity index (χ1v) is 11.3. The molecule has 0 spiro atoms. The number of carbonyl (C=O) groups excluding carboxylic acids is 1. The van der Waals surface area contributed by atoms with E-state index in [9.17, 15) is 4.79 Å². The fourth-order valence-corrected chi connectivity index (χ4v) is 5.34. The molecule has 3 heterocycles. The Hall–Kier alpha value is -2.70. The van der Waals surface area contributed by atoms with E-state index in [4.69, 9.17) is 9.40 Å². The lowest BCUT2D eigenvalue weighted by molar-refractivity contribution is -0.123. The lowest BCUT2D eigenvalue weighted by Crippen LogP contribution is -2.42. The molecule has 2 atom stereocenters. The molecule has 0 aliphatic carbocycles. The molecule has 1 amide bonds. The van der Waals surface area contributed by atoms with Crippen molar-refractivity contribution in [2.75, 3.05) is 19.6 Å². The number of aromatic nitrogens is 1. The molecule has 2 aromatic heterocycles. The number of hydrogen-bond donors (Lipinski definition) is 1. The largest absolute Gasteiger partial charge is 0.459 e. The SMILES string of the molecule is C[C@H](NC(=O)CN1CCC[C@H](c2nc3ccccc3s2)C1)c1cc2ccccc2o1. The third kappa shape index (κ3) is 3.98. The van der Waals surface area contributed by atoms with E-state index < -0.39 is 0 Å². The quantitative estimate of drug-likeness (QED) is 0.489. The molecule has 0 saturated carbocycles. The van der Waals surface area contributed by atoms with E-state index in [0.717, 1.165) is 48.2 Å². The lowest BCUT2D eigenvalue weighted by Gasteiger charge is -2.31. The molecule has 1 aliphatic heterocycles. The number of fused-ring (bicyclic) bond motifs is 2. The summed E-state index contributed by atoms with van der Waals surface area (Å²) >= 11 is 1.78. The summed E-state index contributed by atoms with van der Waals surface area (Å²) in [5.41, 5.74) is 1.93. The predicted molar refractivity (Wildman–Crippen MR) is 121 cm³/mol. The van der Waals surface area contributed by atoms with Gasteiger partial charge in [0.15, 0.2) is 0 Å². The van der Waals surface area contributed by atoms with E-state index >= 15 is 0 Å². The highest BCUT2D eigenvalue weighted by atomic mass is 32.1. The molecule has 5 rings (SSSR count). The highest BCUT2D eigenvalue weighted by molar-refractivity contribution is 7.18. The van der Waals surface area contributed by atoms with Gasteiger partial charge in [0.25, 0.3) is 0 Å². The first kappa shape index (κ1) is 19.3. The maximum absolute atomic E-state index is 12.7. The summed E-state index contributed by atoms with van der Waals surface area (Å²) in [6.45, 7) is 4.21. The van der Waals surface area contributed by atoms with Crippen molar-refractivity contribution in [3.05, 3.63) is 65.4 Å². The third-order valence-electron chi connectivity index (χ3n) is 5.78. The minimum Gasteiger partial charge on any atom is -0.459 e. The highest BCUT2D eigenvalue weighted by Crippen LogP contribution is 2.33. The second kappa shape index (κ2) is 8.20. The predicted octanol–water partition coefficient (Wildman–Crippen LogP) is 5.10. The number of thiazole rings is 1. The van der Waals surface area contributed by atoms with Gasteiger partial charge in [-0.25, -0.2) is 4.98 Å². The van der Waals surface area contributed by atoms with Crippen LogP contribution in [0.1, 0.15) is 42.5 Å². The van der Waals surface area contributed by atoms with E-state index in [2.05, 4.69) is 28.4 Å². The number of furan rings is 1. The topological polar surface area (TPSA) is 58.4 Å². The Kier molecular flexibility index (Phi) is 5.27. The zero-order valence-corrected chi connectivity index (χ0v) is 17.8. The number of nitrogens with one attached hydrogen (secondary N) is 1. The average molecular weight is 420 g/mol. The summed E-state index contributed by atoms with van der Waals surface area (Å²) in [5, 5.41) is 5.34. The molecule has 5 nitrogen and oxygen atoms in total. The van der Waals surface area contributed by atoms with Crippen LogP contribution >= 0.6 is 11.3 Å². The summed E-state index contributed by atoms with van der Waals surface area (Å²) in [7, 11) is 0. The minimum atomic E-state index is -0.158. The van der Waals surface area contributed by atoms with Crippen molar-refractivity contribution in [1.29, 1.82) is 0 Å². The van der Waals surface area contributed by atoms with Crippen LogP contribution in [0.15, 0.2) is 59.0 Å². The van der Waals surface area contributed by atoms with E-state index in [1.54, 1.807) is 11.3 Å². The number of piperidine rings is 1. The fourth-order valence-electron chi connectivity index (χ4n) is 4.24. The van der Waals surface area contributed by atoms with Crippen LogP contribution in [0.25, 0.3) is 21.2 Å². The highest BCUT2D eigenvalue weighted by Gasteiger charge is 2.26. The lowest BCUT2D eigenvalue weighted by atomic mass is 9.99. The number of nitrogens with zero attached hydrogens (tertiary/aromatic N) is 2. The molecule has 0 unspecified atom stereocenters. The summed E-state index contributed by atoms with van der Waals surface area (Å²) < 4.78 is 7.13. The second-order valence-electron chi connectivity index (χ2n) is 8.07.